The number of para-hydroxylation sites is 1. The summed E-state index contributed by atoms with van der Waals surface area (Å²) in [5.41, 5.74) is 7.57. The highest BCUT2D eigenvalue weighted by Crippen LogP contribution is 2.26. The molecule has 112 valence electrons. The summed E-state index contributed by atoms with van der Waals surface area (Å²) in [6, 6.07) is 12.0. The third-order valence-electron chi connectivity index (χ3n) is 3.61. The fourth-order valence-corrected chi connectivity index (χ4v) is 2.50. The molecule has 22 heavy (non-hydrogen) atoms. The Labute approximate surface area is 128 Å². The standard InChI is InChI=1S/C17H16N2O3/c18-16(20)13-5-1-2-6-14(13)19-17(21)12-7-8-15-11(10-12)4-3-9-22-15/h1-2,5-8,10H,3-4,9H2,(H2,18,20)(H,19,21). The molecule has 1 heterocycles. The molecule has 0 radical (unpaired) electrons. The molecule has 3 rings (SSSR count). The van der Waals surface area contributed by atoms with Crippen LogP contribution in [0.5, 0.6) is 5.75 Å². The molecule has 1 aliphatic rings. The molecule has 2 aromatic rings. The Morgan fingerprint density at radius 1 is 1.14 bits per heavy atom. The summed E-state index contributed by atoms with van der Waals surface area (Å²) in [4.78, 5) is 23.8. The molecule has 0 saturated heterocycles. The van der Waals surface area contributed by atoms with Gasteiger partial charge in [0, 0.05) is 5.56 Å². The van der Waals surface area contributed by atoms with Crippen LogP contribution in [0.2, 0.25) is 0 Å². The van der Waals surface area contributed by atoms with Crippen LogP contribution in [0.25, 0.3) is 0 Å². The third-order valence-corrected chi connectivity index (χ3v) is 3.61. The van der Waals surface area contributed by atoms with E-state index in [0.29, 0.717) is 17.9 Å². The average molecular weight is 296 g/mol. The number of carbonyl (C=O) groups excluding carboxylic acids is 2. The van der Waals surface area contributed by atoms with Crippen LogP contribution in [0.15, 0.2) is 42.5 Å². The van der Waals surface area contributed by atoms with Gasteiger partial charge >= 0.3 is 0 Å². The van der Waals surface area contributed by atoms with Crippen molar-refractivity contribution in [1.29, 1.82) is 0 Å². The van der Waals surface area contributed by atoms with Gasteiger partial charge in [-0.05, 0) is 48.7 Å². The van der Waals surface area contributed by atoms with Crippen LogP contribution < -0.4 is 15.8 Å². The maximum atomic E-state index is 12.4. The Balaban J connectivity index is 1.85. The molecule has 0 unspecified atom stereocenters. The van der Waals surface area contributed by atoms with Gasteiger partial charge in [-0.15, -0.1) is 0 Å². The summed E-state index contributed by atoms with van der Waals surface area (Å²) in [6.45, 7) is 0.713. The van der Waals surface area contributed by atoms with Crippen LogP contribution in [-0.4, -0.2) is 18.4 Å². The van der Waals surface area contributed by atoms with Crippen molar-refractivity contribution in [1.82, 2.24) is 0 Å². The maximum absolute atomic E-state index is 12.4. The van der Waals surface area contributed by atoms with E-state index in [4.69, 9.17) is 10.5 Å². The van der Waals surface area contributed by atoms with Gasteiger partial charge in [0.25, 0.3) is 11.8 Å². The number of ether oxygens (including phenoxy) is 1. The molecule has 5 nitrogen and oxygen atoms in total. The van der Waals surface area contributed by atoms with Crippen molar-refractivity contribution < 1.29 is 14.3 Å². The van der Waals surface area contributed by atoms with Gasteiger partial charge < -0.3 is 15.8 Å². The summed E-state index contributed by atoms with van der Waals surface area (Å²) in [5.74, 6) is -0.0165. The highest BCUT2D eigenvalue weighted by molar-refractivity contribution is 6.08. The maximum Gasteiger partial charge on any atom is 0.255 e. The Kier molecular flexibility index (Phi) is 3.78. The van der Waals surface area contributed by atoms with Crippen molar-refractivity contribution in [2.24, 2.45) is 5.73 Å². The van der Waals surface area contributed by atoms with Crippen LogP contribution >= 0.6 is 0 Å². The Hall–Kier alpha value is -2.82. The van der Waals surface area contributed by atoms with Gasteiger partial charge in [0.15, 0.2) is 0 Å². The second-order valence-corrected chi connectivity index (χ2v) is 5.14. The minimum atomic E-state index is -0.574. The van der Waals surface area contributed by atoms with Gasteiger partial charge in [-0.2, -0.15) is 0 Å². The quantitative estimate of drug-likeness (QED) is 0.912. The SMILES string of the molecule is NC(=O)c1ccccc1NC(=O)c1ccc2c(c1)CCCO2. The first-order valence-corrected chi connectivity index (χ1v) is 7.11. The number of primary amides is 1. The number of fused-ring (bicyclic) bond motifs is 1. The molecule has 0 bridgehead atoms. The minimum absolute atomic E-state index is 0.276. The van der Waals surface area contributed by atoms with Gasteiger partial charge in [0.2, 0.25) is 0 Å². The van der Waals surface area contributed by atoms with E-state index in [1.807, 2.05) is 12.1 Å². The predicted molar refractivity (Wildman–Crippen MR) is 83.2 cm³/mol. The van der Waals surface area contributed by atoms with Crippen LogP contribution in [0, 0.1) is 0 Å². The fraction of sp³-hybridized carbons (Fsp3) is 0.176. The van der Waals surface area contributed by atoms with Crippen molar-refractivity contribution >= 4 is 17.5 Å². The molecule has 2 amide bonds. The second kappa shape index (κ2) is 5.89. The average Bonchev–Trinajstić information content (AvgIpc) is 2.54. The number of carbonyl (C=O) groups is 2. The van der Waals surface area contributed by atoms with E-state index in [1.54, 1.807) is 30.3 Å². The zero-order valence-corrected chi connectivity index (χ0v) is 12.0. The van der Waals surface area contributed by atoms with E-state index < -0.39 is 5.91 Å². The number of benzene rings is 2. The number of nitrogens with two attached hydrogens (primary N) is 1. The Bertz CT molecular complexity index is 740. The zero-order chi connectivity index (χ0) is 15.5. The molecule has 0 aromatic heterocycles. The smallest absolute Gasteiger partial charge is 0.255 e. The molecule has 0 atom stereocenters. The summed E-state index contributed by atoms with van der Waals surface area (Å²) in [7, 11) is 0. The van der Waals surface area contributed by atoms with E-state index in [0.717, 1.165) is 24.2 Å². The lowest BCUT2D eigenvalue weighted by atomic mass is 10.0. The number of amides is 2. The normalized spacial score (nSPS) is 12.9. The molecule has 2 aromatic carbocycles. The minimum Gasteiger partial charge on any atom is -0.493 e. The van der Waals surface area contributed by atoms with Gasteiger partial charge in [-0.25, -0.2) is 0 Å². The van der Waals surface area contributed by atoms with Crippen LogP contribution in [-0.2, 0) is 6.42 Å². The molecule has 1 aliphatic heterocycles. The van der Waals surface area contributed by atoms with Crippen molar-refractivity contribution in [2.75, 3.05) is 11.9 Å². The first-order valence-electron chi connectivity index (χ1n) is 7.11. The number of aryl methyl sites for hydroxylation is 1. The van der Waals surface area contributed by atoms with Gasteiger partial charge in [-0.3, -0.25) is 9.59 Å². The van der Waals surface area contributed by atoms with E-state index in [-0.39, 0.29) is 11.5 Å². The first-order chi connectivity index (χ1) is 10.6. The summed E-state index contributed by atoms with van der Waals surface area (Å²) in [5, 5.41) is 2.73. The van der Waals surface area contributed by atoms with Crippen molar-refractivity contribution in [3.63, 3.8) is 0 Å². The monoisotopic (exact) mass is 296 g/mol. The molecular weight excluding hydrogens is 280 g/mol. The molecule has 0 spiro atoms. The van der Waals surface area contributed by atoms with E-state index in [1.165, 1.54) is 0 Å². The molecule has 3 N–H and O–H groups in total. The van der Waals surface area contributed by atoms with Gasteiger partial charge in [-0.1, -0.05) is 12.1 Å². The summed E-state index contributed by atoms with van der Waals surface area (Å²) in [6.07, 6.45) is 1.84. The molecule has 5 heteroatoms. The van der Waals surface area contributed by atoms with E-state index >= 15 is 0 Å². The number of hydrogen-bond donors (Lipinski definition) is 2. The summed E-state index contributed by atoms with van der Waals surface area (Å²) >= 11 is 0. The molecular formula is C17H16N2O3. The van der Waals surface area contributed by atoms with Crippen LogP contribution in [0.3, 0.4) is 0 Å². The van der Waals surface area contributed by atoms with Crippen LogP contribution in [0.4, 0.5) is 5.69 Å². The molecule has 0 aliphatic carbocycles. The second-order valence-electron chi connectivity index (χ2n) is 5.14. The molecule has 0 fully saturated rings. The molecule has 0 saturated carbocycles. The highest BCUT2D eigenvalue weighted by atomic mass is 16.5. The highest BCUT2D eigenvalue weighted by Gasteiger charge is 2.15. The zero-order valence-electron chi connectivity index (χ0n) is 12.0. The predicted octanol–water partition coefficient (Wildman–Crippen LogP) is 2.36. The number of hydrogen-bond acceptors (Lipinski definition) is 3. The van der Waals surface area contributed by atoms with Gasteiger partial charge in [0.05, 0.1) is 17.9 Å². The number of anilines is 1. The Morgan fingerprint density at radius 3 is 2.77 bits per heavy atom. The topological polar surface area (TPSA) is 81.4 Å². The lowest BCUT2D eigenvalue weighted by molar-refractivity contribution is 0.100. The summed E-state index contributed by atoms with van der Waals surface area (Å²) < 4.78 is 5.53. The van der Waals surface area contributed by atoms with Crippen molar-refractivity contribution in [3.05, 3.63) is 59.2 Å². The lowest BCUT2D eigenvalue weighted by Crippen LogP contribution is -2.18. The van der Waals surface area contributed by atoms with Crippen molar-refractivity contribution in [3.8, 4) is 5.75 Å². The number of rotatable bonds is 3. The van der Waals surface area contributed by atoms with E-state index in [9.17, 15) is 9.59 Å². The number of nitrogens with one attached hydrogen (secondary N) is 1. The fourth-order valence-electron chi connectivity index (χ4n) is 2.50. The van der Waals surface area contributed by atoms with E-state index in [2.05, 4.69) is 5.32 Å². The Morgan fingerprint density at radius 2 is 1.95 bits per heavy atom. The third kappa shape index (κ3) is 2.79. The van der Waals surface area contributed by atoms with Gasteiger partial charge in [0.1, 0.15) is 5.75 Å². The lowest BCUT2D eigenvalue weighted by Gasteiger charge is -2.17. The van der Waals surface area contributed by atoms with Crippen LogP contribution in [0.1, 0.15) is 32.7 Å². The largest absolute Gasteiger partial charge is 0.493 e. The van der Waals surface area contributed by atoms with Crippen molar-refractivity contribution in [2.45, 2.75) is 12.8 Å². The first kappa shape index (κ1) is 14.1.